The Morgan fingerprint density at radius 1 is 0.594 bits per heavy atom. The summed E-state index contributed by atoms with van der Waals surface area (Å²) in [5, 5.41) is 0. The quantitative estimate of drug-likeness (QED) is 0.188. The number of benzene rings is 1. The molecule has 0 heterocycles. The first-order valence-electron chi connectivity index (χ1n) is 14.1. The van der Waals surface area contributed by atoms with E-state index in [0.717, 1.165) is 19.3 Å². The highest BCUT2D eigenvalue weighted by Crippen LogP contribution is 2.25. The maximum Gasteiger partial charge on any atom is 0.0297 e. The molecule has 0 saturated heterocycles. The van der Waals surface area contributed by atoms with Crippen molar-refractivity contribution in [1.82, 2.24) is 0 Å². The summed E-state index contributed by atoms with van der Waals surface area (Å²) in [4.78, 5) is 0. The van der Waals surface area contributed by atoms with Crippen LogP contribution in [0.1, 0.15) is 159 Å². The van der Waals surface area contributed by atoms with Crippen LogP contribution in [0.2, 0.25) is 0 Å². The van der Waals surface area contributed by atoms with Gasteiger partial charge in [0.15, 0.2) is 0 Å². The number of hydrogen-bond acceptors (Lipinski definition) is 1. The van der Waals surface area contributed by atoms with Crippen LogP contribution in [0.3, 0.4) is 0 Å². The summed E-state index contributed by atoms with van der Waals surface area (Å²) in [6.45, 7) is 6.81. The van der Waals surface area contributed by atoms with Crippen molar-refractivity contribution >= 4 is 0 Å². The summed E-state index contributed by atoms with van der Waals surface area (Å²) in [7, 11) is 0. The van der Waals surface area contributed by atoms with Gasteiger partial charge in [0.25, 0.3) is 0 Å². The van der Waals surface area contributed by atoms with E-state index in [2.05, 4.69) is 39.0 Å². The van der Waals surface area contributed by atoms with Crippen LogP contribution in [-0.4, -0.2) is 5.48 Å². The highest BCUT2D eigenvalue weighted by atomic mass is 16.0. The first-order valence-corrected chi connectivity index (χ1v) is 14.1. The highest BCUT2D eigenvalue weighted by Gasteiger charge is 2.12. The van der Waals surface area contributed by atoms with Crippen molar-refractivity contribution in [2.75, 3.05) is 0 Å². The van der Waals surface area contributed by atoms with E-state index in [1.165, 1.54) is 126 Å². The summed E-state index contributed by atoms with van der Waals surface area (Å²) in [5.41, 5.74) is 11.0. The minimum absolute atomic E-state index is 0. The normalized spacial score (nSPS) is 12.0. The monoisotopic (exact) mass is 447 g/mol. The molecule has 1 unspecified atom stereocenters. The standard InChI is InChI=1S/C30H55N.H2O/c1-4-7-8-9-10-11-12-13-14-15-16-17-18-19-20-21-22-26-30(31)29-25-23-24-27(5-2)28(29)6-3;/h23-25,30H,4-22,26,31H2,1-3H3;1H2. The van der Waals surface area contributed by atoms with Gasteiger partial charge in [-0.15, -0.1) is 0 Å². The van der Waals surface area contributed by atoms with Gasteiger partial charge in [0.1, 0.15) is 0 Å². The van der Waals surface area contributed by atoms with Gasteiger partial charge in [0.05, 0.1) is 0 Å². The van der Waals surface area contributed by atoms with Crippen molar-refractivity contribution in [3.63, 3.8) is 0 Å². The molecule has 188 valence electrons. The van der Waals surface area contributed by atoms with Gasteiger partial charge in [-0.1, -0.05) is 148 Å². The fraction of sp³-hybridized carbons (Fsp3) is 0.800. The first kappa shape index (κ1) is 31.1. The Hall–Kier alpha value is -0.860. The lowest BCUT2D eigenvalue weighted by molar-refractivity contribution is 0.516. The third-order valence-electron chi connectivity index (χ3n) is 7.06. The second-order valence-electron chi connectivity index (χ2n) is 9.74. The first-order chi connectivity index (χ1) is 15.2. The fourth-order valence-electron chi connectivity index (χ4n) is 5.01. The Bertz CT molecular complexity index is 528. The molecular formula is C30H57NO. The van der Waals surface area contributed by atoms with Crippen LogP contribution >= 0.6 is 0 Å². The summed E-state index contributed by atoms with van der Waals surface area (Å²) >= 11 is 0. The molecule has 32 heavy (non-hydrogen) atoms. The summed E-state index contributed by atoms with van der Waals surface area (Å²) < 4.78 is 0. The van der Waals surface area contributed by atoms with Crippen molar-refractivity contribution in [2.24, 2.45) is 5.73 Å². The largest absolute Gasteiger partial charge is 0.412 e. The van der Waals surface area contributed by atoms with E-state index < -0.39 is 0 Å². The van der Waals surface area contributed by atoms with E-state index in [1.54, 1.807) is 0 Å². The van der Waals surface area contributed by atoms with Gasteiger partial charge < -0.3 is 11.2 Å². The molecule has 0 aromatic heterocycles. The average Bonchev–Trinajstić information content (AvgIpc) is 2.80. The smallest absolute Gasteiger partial charge is 0.0297 e. The Labute approximate surface area is 201 Å². The molecule has 4 N–H and O–H groups in total. The molecule has 0 aliphatic carbocycles. The van der Waals surface area contributed by atoms with Gasteiger partial charge in [-0.05, 0) is 36.0 Å². The molecule has 1 aromatic rings. The van der Waals surface area contributed by atoms with Gasteiger partial charge in [-0.2, -0.15) is 0 Å². The second kappa shape index (κ2) is 22.0. The van der Waals surface area contributed by atoms with Gasteiger partial charge in [-0.25, -0.2) is 0 Å². The van der Waals surface area contributed by atoms with Crippen LogP contribution in [0.4, 0.5) is 0 Å². The van der Waals surface area contributed by atoms with Crippen LogP contribution in [0.15, 0.2) is 18.2 Å². The molecule has 1 aromatic carbocycles. The second-order valence-corrected chi connectivity index (χ2v) is 9.74. The molecule has 1 atom stereocenters. The van der Waals surface area contributed by atoms with Gasteiger partial charge in [0, 0.05) is 6.04 Å². The zero-order chi connectivity index (χ0) is 22.6. The number of hydrogen-bond donors (Lipinski definition) is 1. The molecular weight excluding hydrogens is 390 g/mol. The molecule has 1 rings (SSSR count). The maximum atomic E-state index is 6.56. The number of unbranched alkanes of at least 4 members (excludes halogenated alkanes) is 16. The maximum absolute atomic E-state index is 6.56. The van der Waals surface area contributed by atoms with E-state index in [-0.39, 0.29) is 11.5 Å². The third-order valence-corrected chi connectivity index (χ3v) is 7.06. The minimum atomic E-state index is 0. The van der Waals surface area contributed by atoms with E-state index in [4.69, 9.17) is 5.73 Å². The van der Waals surface area contributed by atoms with Gasteiger partial charge in [-0.3, -0.25) is 0 Å². The SMILES string of the molecule is CCCCCCCCCCCCCCCCCCCC(N)c1cccc(CC)c1CC.O. The molecule has 0 aliphatic heterocycles. The Kier molecular flexibility index (Phi) is 21.4. The summed E-state index contributed by atoms with van der Waals surface area (Å²) in [5.74, 6) is 0. The van der Waals surface area contributed by atoms with Crippen LogP contribution < -0.4 is 5.73 Å². The van der Waals surface area contributed by atoms with Crippen molar-refractivity contribution in [1.29, 1.82) is 0 Å². The van der Waals surface area contributed by atoms with E-state index in [9.17, 15) is 0 Å². The molecule has 2 heteroatoms. The van der Waals surface area contributed by atoms with Crippen LogP contribution in [0.5, 0.6) is 0 Å². The Morgan fingerprint density at radius 3 is 1.44 bits per heavy atom. The number of rotatable bonds is 21. The van der Waals surface area contributed by atoms with E-state index in [1.807, 2.05) is 0 Å². The van der Waals surface area contributed by atoms with Crippen molar-refractivity contribution in [2.45, 2.75) is 155 Å². The predicted octanol–water partition coefficient (Wildman–Crippen LogP) is 9.03. The topological polar surface area (TPSA) is 57.5 Å². The molecule has 0 amide bonds. The number of aryl methyl sites for hydroxylation is 1. The minimum Gasteiger partial charge on any atom is -0.412 e. The van der Waals surface area contributed by atoms with Crippen molar-refractivity contribution in [3.05, 3.63) is 34.9 Å². The van der Waals surface area contributed by atoms with Crippen LogP contribution in [0.25, 0.3) is 0 Å². The summed E-state index contributed by atoms with van der Waals surface area (Å²) in [6.07, 6.45) is 27.6. The van der Waals surface area contributed by atoms with Crippen LogP contribution in [-0.2, 0) is 12.8 Å². The Balaban J connectivity index is 0.00000961. The molecule has 0 bridgehead atoms. The van der Waals surface area contributed by atoms with Gasteiger partial charge in [0.2, 0.25) is 0 Å². The molecule has 0 fully saturated rings. The van der Waals surface area contributed by atoms with Gasteiger partial charge >= 0.3 is 0 Å². The van der Waals surface area contributed by atoms with Crippen LogP contribution in [0, 0.1) is 0 Å². The molecule has 0 spiro atoms. The van der Waals surface area contributed by atoms with E-state index >= 15 is 0 Å². The average molecular weight is 448 g/mol. The molecule has 0 aliphatic rings. The zero-order valence-electron chi connectivity index (χ0n) is 22.0. The highest BCUT2D eigenvalue weighted by molar-refractivity contribution is 5.37. The lowest BCUT2D eigenvalue weighted by atomic mass is 9.91. The van der Waals surface area contributed by atoms with E-state index in [0.29, 0.717) is 0 Å². The molecule has 0 radical (unpaired) electrons. The predicted molar refractivity (Wildman–Crippen MR) is 145 cm³/mol. The molecule has 0 saturated carbocycles. The number of nitrogens with two attached hydrogens (primary N) is 1. The van der Waals surface area contributed by atoms with Crippen molar-refractivity contribution < 1.29 is 5.48 Å². The fourth-order valence-corrected chi connectivity index (χ4v) is 5.01. The summed E-state index contributed by atoms with van der Waals surface area (Å²) in [6, 6.07) is 6.95. The Morgan fingerprint density at radius 2 is 1.03 bits per heavy atom. The van der Waals surface area contributed by atoms with Crippen molar-refractivity contribution in [3.8, 4) is 0 Å². The molecule has 2 nitrogen and oxygen atoms in total. The lowest BCUT2D eigenvalue weighted by Crippen LogP contribution is -2.13. The lowest BCUT2D eigenvalue weighted by Gasteiger charge is -2.18. The third kappa shape index (κ3) is 14.3. The zero-order valence-corrected chi connectivity index (χ0v) is 22.0.